The number of hydrogen-bond acceptors (Lipinski definition) is 4. The maximum absolute atomic E-state index is 12.1. The fourth-order valence-electron chi connectivity index (χ4n) is 2.33. The first-order valence-electron chi connectivity index (χ1n) is 7.45. The topological polar surface area (TPSA) is 55.1 Å². The summed E-state index contributed by atoms with van der Waals surface area (Å²) in [5.41, 5.74) is 3.24. The minimum absolute atomic E-state index is 0.0236. The summed E-state index contributed by atoms with van der Waals surface area (Å²) in [5, 5.41) is 3.83. The van der Waals surface area contributed by atoms with Crippen LogP contribution in [0.25, 0.3) is 10.6 Å². The predicted molar refractivity (Wildman–Crippen MR) is 91.3 cm³/mol. The molecule has 23 heavy (non-hydrogen) atoms. The van der Waals surface area contributed by atoms with Gasteiger partial charge in [0.2, 0.25) is 5.91 Å². The second kappa shape index (κ2) is 6.79. The molecule has 0 unspecified atom stereocenters. The van der Waals surface area contributed by atoms with E-state index < -0.39 is 0 Å². The number of rotatable bonds is 5. The zero-order valence-corrected chi connectivity index (χ0v) is 13.9. The van der Waals surface area contributed by atoms with Crippen molar-refractivity contribution in [1.29, 1.82) is 0 Å². The van der Waals surface area contributed by atoms with Crippen molar-refractivity contribution in [1.82, 2.24) is 10.3 Å². The van der Waals surface area contributed by atoms with Crippen molar-refractivity contribution in [3.8, 4) is 10.6 Å². The van der Waals surface area contributed by atoms with Gasteiger partial charge in [-0.15, -0.1) is 11.3 Å². The van der Waals surface area contributed by atoms with Crippen LogP contribution in [0.5, 0.6) is 0 Å². The molecule has 3 rings (SSSR count). The highest BCUT2D eigenvalue weighted by molar-refractivity contribution is 7.15. The molecule has 4 nitrogen and oxygen atoms in total. The van der Waals surface area contributed by atoms with Gasteiger partial charge in [-0.2, -0.15) is 0 Å². The number of amides is 1. The van der Waals surface area contributed by atoms with Crippen molar-refractivity contribution in [2.75, 3.05) is 0 Å². The molecule has 0 bridgehead atoms. The maximum Gasteiger partial charge on any atom is 0.225 e. The van der Waals surface area contributed by atoms with E-state index in [1.165, 1.54) is 5.56 Å². The van der Waals surface area contributed by atoms with Gasteiger partial charge in [0.1, 0.15) is 10.8 Å². The monoisotopic (exact) mass is 326 g/mol. The average molecular weight is 326 g/mol. The standard InChI is InChI=1S/C18H18N2O2S/c1-12-6-3-4-8-15(12)18-20-13(2)16(23-18)10-17(21)19-11-14-7-5-9-22-14/h3-9H,10-11H2,1-2H3,(H,19,21). The quantitative estimate of drug-likeness (QED) is 0.774. The van der Waals surface area contributed by atoms with Crippen LogP contribution in [-0.4, -0.2) is 10.9 Å². The van der Waals surface area contributed by atoms with E-state index in [0.29, 0.717) is 13.0 Å². The van der Waals surface area contributed by atoms with Crippen molar-refractivity contribution in [2.45, 2.75) is 26.8 Å². The Hall–Kier alpha value is -2.40. The molecule has 1 aromatic carbocycles. The van der Waals surface area contributed by atoms with E-state index in [2.05, 4.69) is 29.4 Å². The number of carbonyl (C=O) groups excluding carboxylic acids is 1. The molecule has 0 aliphatic carbocycles. The summed E-state index contributed by atoms with van der Waals surface area (Å²) in [4.78, 5) is 17.7. The van der Waals surface area contributed by atoms with Gasteiger partial charge in [0.15, 0.2) is 0 Å². The van der Waals surface area contributed by atoms with Crippen LogP contribution >= 0.6 is 11.3 Å². The Morgan fingerprint density at radius 3 is 2.78 bits per heavy atom. The molecule has 0 saturated carbocycles. The third-order valence-electron chi connectivity index (χ3n) is 3.63. The van der Waals surface area contributed by atoms with Crippen LogP contribution in [-0.2, 0) is 17.8 Å². The van der Waals surface area contributed by atoms with E-state index in [1.54, 1.807) is 17.6 Å². The number of thiazole rings is 1. The summed E-state index contributed by atoms with van der Waals surface area (Å²) in [6, 6.07) is 11.8. The van der Waals surface area contributed by atoms with Crippen LogP contribution in [0.4, 0.5) is 0 Å². The van der Waals surface area contributed by atoms with Crippen LogP contribution < -0.4 is 5.32 Å². The van der Waals surface area contributed by atoms with E-state index in [9.17, 15) is 4.79 Å². The number of furan rings is 1. The van der Waals surface area contributed by atoms with E-state index in [4.69, 9.17) is 4.42 Å². The first-order chi connectivity index (χ1) is 11.1. The SMILES string of the molecule is Cc1ccccc1-c1nc(C)c(CC(=O)NCc2ccco2)s1. The average Bonchev–Trinajstić information content (AvgIpc) is 3.16. The molecule has 118 valence electrons. The van der Waals surface area contributed by atoms with Crippen molar-refractivity contribution in [3.05, 3.63) is 64.6 Å². The molecule has 0 fully saturated rings. The normalized spacial score (nSPS) is 10.7. The molecule has 0 aliphatic rings. The fraction of sp³-hybridized carbons (Fsp3) is 0.222. The molecule has 3 aromatic rings. The smallest absolute Gasteiger partial charge is 0.225 e. The molecule has 1 amide bonds. The van der Waals surface area contributed by atoms with E-state index in [0.717, 1.165) is 26.9 Å². The Morgan fingerprint density at radius 2 is 2.04 bits per heavy atom. The lowest BCUT2D eigenvalue weighted by atomic mass is 10.1. The first kappa shape index (κ1) is 15.5. The van der Waals surface area contributed by atoms with Gasteiger partial charge >= 0.3 is 0 Å². The second-order valence-electron chi connectivity index (χ2n) is 5.38. The number of nitrogens with one attached hydrogen (secondary N) is 1. The summed E-state index contributed by atoms with van der Waals surface area (Å²) in [5.74, 6) is 0.726. The lowest BCUT2D eigenvalue weighted by Gasteiger charge is -2.02. The van der Waals surface area contributed by atoms with Crippen molar-refractivity contribution < 1.29 is 9.21 Å². The minimum atomic E-state index is -0.0236. The summed E-state index contributed by atoms with van der Waals surface area (Å²) in [6.07, 6.45) is 1.94. The molecule has 0 radical (unpaired) electrons. The third kappa shape index (κ3) is 3.68. The predicted octanol–water partition coefficient (Wildman–Crippen LogP) is 3.88. The summed E-state index contributed by atoms with van der Waals surface area (Å²) < 4.78 is 5.21. The van der Waals surface area contributed by atoms with Crippen molar-refractivity contribution >= 4 is 17.2 Å². The van der Waals surface area contributed by atoms with Crippen LogP contribution in [0, 0.1) is 13.8 Å². The van der Waals surface area contributed by atoms with Gasteiger partial charge in [-0.3, -0.25) is 4.79 Å². The van der Waals surface area contributed by atoms with Crippen molar-refractivity contribution in [3.63, 3.8) is 0 Å². The summed E-state index contributed by atoms with van der Waals surface area (Å²) in [7, 11) is 0. The van der Waals surface area contributed by atoms with Gasteiger partial charge < -0.3 is 9.73 Å². The number of hydrogen-bond donors (Lipinski definition) is 1. The highest BCUT2D eigenvalue weighted by Crippen LogP contribution is 2.30. The van der Waals surface area contributed by atoms with Crippen LogP contribution in [0.2, 0.25) is 0 Å². The first-order valence-corrected chi connectivity index (χ1v) is 8.26. The zero-order chi connectivity index (χ0) is 16.2. The number of aromatic nitrogens is 1. The molecule has 5 heteroatoms. The Labute approximate surface area is 139 Å². The molecule has 0 saturated heterocycles. The third-order valence-corrected chi connectivity index (χ3v) is 4.82. The molecular formula is C18H18N2O2S. The van der Waals surface area contributed by atoms with Gasteiger partial charge in [-0.05, 0) is 31.5 Å². The Bertz CT molecular complexity index is 806. The molecule has 0 aliphatic heterocycles. The van der Waals surface area contributed by atoms with Gasteiger partial charge in [0.05, 0.1) is 24.9 Å². The van der Waals surface area contributed by atoms with Gasteiger partial charge in [0.25, 0.3) is 0 Å². The van der Waals surface area contributed by atoms with E-state index in [1.807, 2.05) is 31.2 Å². The van der Waals surface area contributed by atoms with Crippen LogP contribution in [0.1, 0.15) is 21.9 Å². The zero-order valence-electron chi connectivity index (χ0n) is 13.1. The van der Waals surface area contributed by atoms with Crippen LogP contribution in [0.3, 0.4) is 0 Å². The number of carbonyl (C=O) groups is 1. The highest BCUT2D eigenvalue weighted by Gasteiger charge is 2.14. The number of benzene rings is 1. The van der Waals surface area contributed by atoms with Crippen molar-refractivity contribution in [2.24, 2.45) is 0 Å². The van der Waals surface area contributed by atoms with E-state index in [-0.39, 0.29) is 5.91 Å². The highest BCUT2D eigenvalue weighted by atomic mass is 32.1. The molecule has 2 heterocycles. The lowest BCUT2D eigenvalue weighted by Crippen LogP contribution is -2.24. The lowest BCUT2D eigenvalue weighted by molar-refractivity contribution is -0.120. The van der Waals surface area contributed by atoms with E-state index >= 15 is 0 Å². The van der Waals surface area contributed by atoms with Crippen LogP contribution in [0.15, 0.2) is 47.1 Å². The number of nitrogens with zero attached hydrogens (tertiary/aromatic N) is 1. The molecular weight excluding hydrogens is 308 g/mol. The minimum Gasteiger partial charge on any atom is -0.467 e. The molecule has 1 N–H and O–H groups in total. The Kier molecular flexibility index (Phi) is 4.57. The molecule has 0 spiro atoms. The summed E-state index contributed by atoms with van der Waals surface area (Å²) >= 11 is 1.58. The molecule has 2 aromatic heterocycles. The van der Waals surface area contributed by atoms with Gasteiger partial charge in [-0.25, -0.2) is 4.98 Å². The summed E-state index contributed by atoms with van der Waals surface area (Å²) in [6.45, 7) is 4.43. The molecule has 0 atom stereocenters. The number of aryl methyl sites for hydroxylation is 2. The largest absolute Gasteiger partial charge is 0.467 e. The Morgan fingerprint density at radius 1 is 1.22 bits per heavy atom. The van der Waals surface area contributed by atoms with Gasteiger partial charge in [-0.1, -0.05) is 24.3 Å². The maximum atomic E-state index is 12.1. The fourth-order valence-corrected chi connectivity index (χ4v) is 3.48. The second-order valence-corrected chi connectivity index (χ2v) is 6.46. The Balaban J connectivity index is 1.69. The van der Waals surface area contributed by atoms with Gasteiger partial charge in [0, 0.05) is 10.4 Å².